The Morgan fingerprint density at radius 3 is 1.42 bits per heavy atom. The Hall–Kier alpha value is -1.79. The summed E-state index contributed by atoms with van der Waals surface area (Å²) in [4.78, 5) is 13.0. The first kappa shape index (κ1) is 63.3. The van der Waals surface area contributed by atoms with E-state index in [4.69, 9.17) is 28.4 Å². The third-order valence-corrected chi connectivity index (χ3v) is 13.1. The van der Waals surface area contributed by atoms with E-state index < -0.39 is 80.7 Å². The van der Waals surface area contributed by atoms with Crippen LogP contribution in [0.5, 0.6) is 0 Å². The summed E-state index contributed by atoms with van der Waals surface area (Å²) in [6.07, 6.45) is 32.1. The fraction of sp³-hybridized carbons (Fsp3) is 0.873. The lowest BCUT2D eigenvalue weighted by Gasteiger charge is -2.42. The number of aliphatic hydroxyl groups excluding tert-OH is 7. The van der Waals surface area contributed by atoms with E-state index in [1.165, 1.54) is 116 Å². The van der Waals surface area contributed by atoms with E-state index in [0.717, 1.165) is 64.2 Å². The molecule has 0 amide bonds. The number of esters is 1. The number of carbonyl (C=O) groups excluding carboxylic acids is 1. The Morgan fingerprint density at radius 1 is 0.478 bits per heavy atom. The number of carbonyl (C=O) groups is 1. The zero-order chi connectivity index (χ0) is 50.2. The minimum atomic E-state index is -1.71. The standard InChI is InChI=1S/C55H100O14/c1-3-5-7-9-11-13-15-17-18-19-20-21-22-23-24-25-27-29-31-33-35-37-39-64-41-44(67-47(57)38-36-34-32-30-28-26-16-14-12-10-8-6-4-2)42-65-54-53(63)51(61)49(59)46(69-54)43-66-55-52(62)50(60)48(58)45(40-56)68-55/h14-17,19-20,44-46,48-56,58-63H,3-13,18,21-43H2,1-2H3/b16-14-,17-15-,20-19-. The highest BCUT2D eigenvalue weighted by atomic mass is 16.7. The number of aliphatic hydroxyl groups is 7. The van der Waals surface area contributed by atoms with Crippen LogP contribution in [0.25, 0.3) is 0 Å². The van der Waals surface area contributed by atoms with Crippen molar-refractivity contribution in [3.8, 4) is 0 Å². The third-order valence-electron chi connectivity index (χ3n) is 13.1. The second-order valence-electron chi connectivity index (χ2n) is 19.4. The smallest absolute Gasteiger partial charge is 0.306 e. The molecule has 11 unspecified atom stereocenters. The quantitative estimate of drug-likeness (QED) is 0.0173. The van der Waals surface area contributed by atoms with Gasteiger partial charge in [0.15, 0.2) is 12.6 Å². The van der Waals surface area contributed by atoms with Crippen molar-refractivity contribution in [3.63, 3.8) is 0 Å². The molecule has 2 aliphatic heterocycles. The normalized spacial score (nSPS) is 25.9. The van der Waals surface area contributed by atoms with E-state index in [-0.39, 0.29) is 25.6 Å². The SMILES string of the molecule is CCCCCC/C=C\CCCCCCCC(=O)OC(COCCCCCCCCCCCC/C=C\C/C=C\CCCCCCC)COC1OC(COC2OC(CO)C(O)C(O)C2O)C(O)C(O)C1O. The van der Waals surface area contributed by atoms with Gasteiger partial charge in [-0.3, -0.25) is 4.79 Å². The highest BCUT2D eigenvalue weighted by Crippen LogP contribution is 2.26. The largest absolute Gasteiger partial charge is 0.457 e. The van der Waals surface area contributed by atoms with Gasteiger partial charge in [-0.15, -0.1) is 0 Å². The summed E-state index contributed by atoms with van der Waals surface area (Å²) in [7, 11) is 0. The van der Waals surface area contributed by atoms with Crippen molar-refractivity contribution in [2.45, 2.75) is 274 Å². The maximum atomic E-state index is 13.0. The van der Waals surface area contributed by atoms with E-state index in [0.29, 0.717) is 13.0 Å². The fourth-order valence-corrected chi connectivity index (χ4v) is 8.60. The van der Waals surface area contributed by atoms with Crippen LogP contribution in [0.3, 0.4) is 0 Å². The molecule has 0 aromatic carbocycles. The average molecular weight is 985 g/mol. The molecule has 14 nitrogen and oxygen atoms in total. The monoisotopic (exact) mass is 985 g/mol. The van der Waals surface area contributed by atoms with Crippen molar-refractivity contribution in [1.82, 2.24) is 0 Å². The molecule has 0 bridgehead atoms. The van der Waals surface area contributed by atoms with E-state index in [2.05, 4.69) is 50.3 Å². The predicted octanol–water partition coefficient (Wildman–Crippen LogP) is 8.97. The molecule has 7 N–H and O–H groups in total. The van der Waals surface area contributed by atoms with Crippen LogP contribution in [0, 0.1) is 0 Å². The summed E-state index contributed by atoms with van der Waals surface area (Å²) in [5.41, 5.74) is 0. The van der Waals surface area contributed by atoms with E-state index in [9.17, 15) is 40.5 Å². The molecule has 11 atom stereocenters. The Balaban J connectivity index is 1.72. The molecule has 404 valence electrons. The Labute approximate surface area is 417 Å². The molecular formula is C55H100O14. The van der Waals surface area contributed by atoms with Gasteiger partial charge in [0.1, 0.15) is 54.9 Å². The zero-order valence-corrected chi connectivity index (χ0v) is 43.1. The van der Waals surface area contributed by atoms with Gasteiger partial charge in [0.25, 0.3) is 0 Å². The highest BCUT2D eigenvalue weighted by Gasteiger charge is 2.47. The first-order valence-electron chi connectivity index (χ1n) is 27.6. The molecule has 2 heterocycles. The second kappa shape index (κ2) is 42.7. The summed E-state index contributed by atoms with van der Waals surface area (Å²) in [6, 6.07) is 0. The van der Waals surface area contributed by atoms with Crippen LogP contribution in [0.2, 0.25) is 0 Å². The summed E-state index contributed by atoms with van der Waals surface area (Å²) >= 11 is 0. The average Bonchev–Trinajstić information content (AvgIpc) is 3.35. The molecule has 0 saturated carbocycles. The first-order chi connectivity index (χ1) is 33.6. The van der Waals surface area contributed by atoms with Gasteiger partial charge in [0.2, 0.25) is 0 Å². The molecule has 0 radical (unpaired) electrons. The lowest BCUT2D eigenvalue weighted by atomic mass is 9.98. The zero-order valence-electron chi connectivity index (χ0n) is 43.1. The van der Waals surface area contributed by atoms with Crippen molar-refractivity contribution in [3.05, 3.63) is 36.5 Å². The van der Waals surface area contributed by atoms with E-state index in [1.807, 2.05) is 0 Å². The topological polar surface area (TPSA) is 214 Å². The minimum Gasteiger partial charge on any atom is -0.457 e. The molecule has 2 saturated heterocycles. The molecule has 2 fully saturated rings. The molecule has 2 rings (SSSR count). The fourth-order valence-electron chi connectivity index (χ4n) is 8.60. The Bertz CT molecular complexity index is 1280. The van der Waals surface area contributed by atoms with Crippen molar-refractivity contribution in [2.75, 3.05) is 33.0 Å². The minimum absolute atomic E-state index is 0.0571. The van der Waals surface area contributed by atoms with Gasteiger partial charge in [0, 0.05) is 13.0 Å². The van der Waals surface area contributed by atoms with E-state index >= 15 is 0 Å². The van der Waals surface area contributed by atoms with Crippen LogP contribution in [0.4, 0.5) is 0 Å². The lowest BCUT2D eigenvalue weighted by Crippen LogP contribution is -2.61. The molecular weight excluding hydrogens is 885 g/mol. The third kappa shape index (κ3) is 30.1. The predicted molar refractivity (Wildman–Crippen MR) is 270 cm³/mol. The van der Waals surface area contributed by atoms with Crippen molar-refractivity contribution < 1.29 is 69.0 Å². The van der Waals surface area contributed by atoms with Crippen molar-refractivity contribution in [2.24, 2.45) is 0 Å². The summed E-state index contributed by atoms with van der Waals surface area (Å²) in [6.45, 7) is 3.66. The highest BCUT2D eigenvalue weighted by molar-refractivity contribution is 5.69. The Kier molecular flexibility index (Phi) is 39.2. The molecule has 0 aromatic rings. The van der Waals surface area contributed by atoms with Gasteiger partial charge in [-0.25, -0.2) is 0 Å². The van der Waals surface area contributed by atoms with Gasteiger partial charge in [-0.2, -0.15) is 0 Å². The molecule has 0 spiro atoms. The van der Waals surface area contributed by atoms with Crippen LogP contribution >= 0.6 is 0 Å². The number of unbranched alkanes of at least 4 members (excludes halogenated alkanes) is 24. The van der Waals surface area contributed by atoms with E-state index in [1.54, 1.807) is 0 Å². The number of allylic oxidation sites excluding steroid dienone is 6. The molecule has 14 heteroatoms. The van der Waals surface area contributed by atoms with Crippen molar-refractivity contribution in [1.29, 1.82) is 0 Å². The molecule has 0 aromatic heterocycles. The van der Waals surface area contributed by atoms with Crippen LogP contribution in [0.1, 0.15) is 206 Å². The maximum Gasteiger partial charge on any atom is 0.306 e. The van der Waals surface area contributed by atoms with Gasteiger partial charge in [-0.1, -0.05) is 166 Å². The van der Waals surface area contributed by atoms with Crippen molar-refractivity contribution >= 4 is 5.97 Å². The summed E-state index contributed by atoms with van der Waals surface area (Å²) < 4.78 is 34.3. The van der Waals surface area contributed by atoms with Crippen LogP contribution in [-0.4, -0.2) is 142 Å². The van der Waals surface area contributed by atoms with Crippen LogP contribution < -0.4 is 0 Å². The number of hydrogen-bond acceptors (Lipinski definition) is 14. The number of ether oxygens (including phenoxy) is 6. The van der Waals surface area contributed by atoms with Crippen LogP contribution in [0.15, 0.2) is 36.5 Å². The molecule has 0 aliphatic carbocycles. The summed E-state index contributed by atoms with van der Waals surface area (Å²) in [5, 5.41) is 72.2. The first-order valence-corrected chi connectivity index (χ1v) is 27.6. The van der Waals surface area contributed by atoms with Crippen LogP contribution in [-0.2, 0) is 33.2 Å². The molecule has 69 heavy (non-hydrogen) atoms. The maximum absolute atomic E-state index is 13.0. The molecule has 2 aliphatic rings. The second-order valence-corrected chi connectivity index (χ2v) is 19.4. The number of hydrogen-bond donors (Lipinski definition) is 7. The van der Waals surface area contributed by atoms with Gasteiger partial charge < -0.3 is 64.2 Å². The van der Waals surface area contributed by atoms with Gasteiger partial charge >= 0.3 is 5.97 Å². The lowest BCUT2D eigenvalue weighted by molar-refractivity contribution is -0.332. The Morgan fingerprint density at radius 2 is 0.899 bits per heavy atom. The summed E-state index contributed by atoms with van der Waals surface area (Å²) in [5.74, 6) is -0.386. The number of rotatable bonds is 44. The van der Waals surface area contributed by atoms with Gasteiger partial charge in [-0.05, 0) is 70.6 Å². The van der Waals surface area contributed by atoms with Gasteiger partial charge in [0.05, 0.1) is 26.4 Å².